The average molecular weight is 158 g/mol. The van der Waals surface area contributed by atoms with Crippen LogP contribution >= 0.6 is 24.0 Å². The van der Waals surface area contributed by atoms with Gasteiger partial charge < -0.3 is 0 Å². The van der Waals surface area contributed by atoms with Crippen LogP contribution in [0.3, 0.4) is 0 Å². The topological polar surface area (TPSA) is 0 Å². The standard InChI is InChI=1S/C7H10S2/c1-2-6(8)7-4-3-5-9-7/h3-6,8H,2H2,1H3. The molecule has 0 aliphatic carbocycles. The quantitative estimate of drug-likeness (QED) is 0.628. The second-order valence-corrected chi connectivity index (χ2v) is 3.54. The maximum absolute atomic E-state index is 4.40. The maximum Gasteiger partial charge on any atom is 0.0358 e. The molecule has 0 aliphatic heterocycles. The van der Waals surface area contributed by atoms with Gasteiger partial charge in [-0.25, -0.2) is 0 Å². The predicted octanol–water partition coefficient (Wildman–Crippen LogP) is 3.13. The number of hydrogen-bond donors (Lipinski definition) is 1. The van der Waals surface area contributed by atoms with Crippen molar-refractivity contribution in [1.82, 2.24) is 0 Å². The van der Waals surface area contributed by atoms with E-state index < -0.39 is 0 Å². The van der Waals surface area contributed by atoms with Crippen LogP contribution in [0.5, 0.6) is 0 Å². The molecular weight excluding hydrogens is 148 g/mol. The molecule has 0 bridgehead atoms. The van der Waals surface area contributed by atoms with Crippen molar-refractivity contribution in [3.05, 3.63) is 22.4 Å². The van der Waals surface area contributed by atoms with Crippen molar-refractivity contribution in [2.45, 2.75) is 18.6 Å². The van der Waals surface area contributed by atoms with E-state index in [1.807, 2.05) is 0 Å². The van der Waals surface area contributed by atoms with E-state index >= 15 is 0 Å². The van der Waals surface area contributed by atoms with Crippen LogP contribution in [-0.2, 0) is 0 Å². The van der Waals surface area contributed by atoms with Crippen molar-refractivity contribution in [3.8, 4) is 0 Å². The second-order valence-electron chi connectivity index (χ2n) is 1.94. The molecule has 0 saturated heterocycles. The highest BCUT2D eigenvalue weighted by atomic mass is 32.1. The Morgan fingerprint density at radius 3 is 3.00 bits per heavy atom. The van der Waals surface area contributed by atoms with E-state index in [9.17, 15) is 0 Å². The minimum atomic E-state index is 0.449. The van der Waals surface area contributed by atoms with Crippen LogP contribution in [0.2, 0.25) is 0 Å². The van der Waals surface area contributed by atoms with Gasteiger partial charge in [-0.3, -0.25) is 0 Å². The van der Waals surface area contributed by atoms with Crippen LogP contribution in [0.1, 0.15) is 23.5 Å². The minimum Gasteiger partial charge on any atom is -0.170 e. The predicted molar refractivity (Wildman–Crippen MR) is 46.3 cm³/mol. The summed E-state index contributed by atoms with van der Waals surface area (Å²) in [6, 6.07) is 4.20. The van der Waals surface area contributed by atoms with E-state index in [-0.39, 0.29) is 0 Å². The smallest absolute Gasteiger partial charge is 0.0358 e. The van der Waals surface area contributed by atoms with Gasteiger partial charge in [-0.05, 0) is 17.9 Å². The van der Waals surface area contributed by atoms with Crippen LogP contribution < -0.4 is 0 Å². The Hall–Kier alpha value is 0.0500. The first-order chi connectivity index (χ1) is 4.34. The minimum absolute atomic E-state index is 0.449. The zero-order valence-corrected chi connectivity index (χ0v) is 7.08. The molecule has 9 heavy (non-hydrogen) atoms. The molecule has 1 heterocycles. The normalized spacial score (nSPS) is 13.6. The monoisotopic (exact) mass is 158 g/mol. The van der Waals surface area contributed by atoms with Crippen LogP contribution in [0.15, 0.2) is 17.5 Å². The summed E-state index contributed by atoms with van der Waals surface area (Å²) in [6.45, 7) is 2.15. The summed E-state index contributed by atoms with van der Waals surface area (Å²) in [5, 5.41) is 2.54. The van der Waals surface area contributed by atoms with Gasteiger partial charge in [-0.2, -0.15) is 12.6 Å². The highest BCUT2D eigenvalue weighted by Crippen LogP contribution is 2.26. The van der Waals surface area contributed by atoms with Gasteiger partial charge in [-0.15, -0.1) is 11.3 Å². The zero-order valence-electron chi connectivity index (χ0n) is 5.37. The van der Waals surface area contributed by atoms with E-state index in [1.54, 1.807) is 11.3 Å². The molecule has 0 amide bonds. The maximum atomic E-state index is 4.40. The van der Waals surface area contributed by atoms with Gasteiger partial charge >= 0.3 is 0 Å². The van der Waals surface area contributed by atoms with Crippen LogP contribution in [0.4, 0.5) is 0 Å². The first-order valence-corrected chi connectivity index (χ1v) is 4.45. The summed E-state index contributed by atoms with van der Waals surface area (Å²) in [5.41, 5.74) is 0. The largest absolute Gasteiger partial charge is 0.170 e. The molecule has 1 unspecified atom stereocenters. The van der Waals surface area contributed by atoms with Crippen LogP contribution in [0.25, 0.3) is 0 Å². The Morgan fingerprint density at radius 1 is 1.78 bits per heavy atom. The molecule has 0 saturated carbocycles. The van der Waals surface area contributed by atoms with Crippen LogP contribution in [-0.4, -0.2) is 0 Å². The van der Waals surface area contributed by atoms with Crippen LogP contribution in [0, 0.1) is 0 Å². The number of thiophene rings is 1. The Balaban J connectivity index is 2.65. The van der Waals surface area contributed by atoms with E-state index in [1.165, 1.54) is 4.88 Å². The van der Waals surface area contributed by atoms with Gasteiger partial charge in [0.05, 0.1) is 0 Å². The lowest BCUT2D eigenvalue weighted by Gasteiger charge is -2.01. The Kier molecular flexibility index (Phi) is 2.61. The highest BCUT2D eigenvalue weighted by molar-refractivity contribution is 7.80. The Morgan fingerprint density at radius 2 is 2.56 bits per heavy atom. The van der Waals surface area contributed by atoms with E-state index in [0.29, 0.717) is 5.25 Å². The summed E-state index contributed by atoms with van der Waals surface area (Å²) < 4.78 is 0. The number of hydrogen-bond acceptors (Lipinski definition) is 2. The Bertz CT molecular complexity index is 155. The average Bonchev–Trinajstić information content (AvgIpc) is 2.37. The molecule has 2 heteroatoms. The highest BCUT2D eigenvalue weighted by Gasteiger charge is 2.01. The summed E-state index contributed by atoms with van der Waals surface area (Å²) >= 11 is 6.18. The van der Waals surface area contributed by atoms with Gasteiger partial charge in [0, 0.05) is 10.1 Å². The van der Waals surface area contributed by atoms with Crippen molar-refractivity contribution in [1.29, 1.82) is 0 Å². The molecule has 0 radical (unpaired) electrons. The Labute approximate surface area is 65.3 Å². The fraction of sp³-hybridized carbons (Fsp3) is 0.429. The van der Waals surface area contributed by atoms with Gasteiger partial charge in [0.2, 0.25) is 0 Å². The molecule has 0 aromatic carbocycles. The summed E-state index contributed by atoms with van der Waals surface area (Å²) in [6.07, 6.45) is 1.11. The van der Waals surface area contributed by atoms with Crippen molar-refractivity contribution in [2.24, 2.45) is 0 Å². The zero-order chi connectivity index (χ0) is 6.69. The molecule has 0 fully saturated rings. The number of rotatable bonds is 2. The van der Waals surface area contributed by atoms with Crippen molar-refractivity contribution in [2.75, 3.05) is 0 Å². The van der Waals surface area contributed by atoms with Gasteiger partial charge in [-0.1, -0.05) is 13.0 Å². The van der Waals surface area contributed by atoms with Gasteiger partial charge in [0.25, 0.3) is 0 Å². The SMILES string of the molecule is CCC(S)c1cccs1. The first kappa shape index (κ1) is 7.16. The molecule has 0 nitrogen and oxygen atoms in total. The molecule has 0 aliphatic rings. The van der Waals surface area contributed by atoms with Gasteiger partial charge in [0.15, 0.2) is 0 Å². The molecule has 0 N–H and O–H groups in total. The molecular formula is C7H10S2. The molecule has 1 aromatic heterocycles. The van der Waals surface area contributed by atoms with E-state index in [2.05, 4.69) is 37.1 Å². The summed E-state index contributed by atoms with van der Waals surface area (Å²) in [4.78, 5) is 1.38. The molecule has 0 spiro atoms. The lowest BCUT2D eigenvalue weighted by Crippen LogP contribution is -1.80. The first-order valence-electron chi connectivity index (χ1n) is 3.06. The molecule has 50 valence electrons. The second kappa shape index (κ2) is 3.28. The lowest BCUT2D eigenvalue weighted by atomic mass is 10.3. The van der Waals surface area contributed by atoms with Gasteiger partial charge in [0.1, 0.15) is 0 Å². The number of thiol groups is 1. The third-order valence-corrected chi connectivity index (χ3v) is 3.06. The van der Waals surface area contributed by atoms with Crippen molar-refractivity contribution in [3.63, 3.8) is 0 Å². The third-order valence-electron chi connectivity index (χ3n) is 1.26. The molecule has 1 atom stereocenters. The van der Waals surface area contributed by atoms with Crippen molar-refractivity contribution < 1.29 is 0 Å². The van der Waals surface area contributed by atoms with Crippen molar-refractivity contribution >= 4 is 24.0 Å². The van der Waals surface area contributed by atoms with E-state index in [0.717, 1.165) is 6.42 Å². The molecule has 1 rings (SSSR count). The third kappa shape index (κ3) is 1.73. The summed E-state index contributed by atoms with van der Waals surface area (Å²) in [5.74, 6) is 0. The van der Waals surface area contributed by atoms with E-state index in [4.69, 9.17) is 0 Å². The fourth-order valence-corrected chi connectivity index (χ4v) is 1.75. The molecule has 1 aromatic rings. The lowest BCUT2D eigenvalue weighted by molar-refractivity contribution is 0.920. The fourth-order valence-electron chi connectivity index (χ4n) is 0.682. The summed E-state index contributed by atoms with van der Waals surface area (Å²) in [7, 11) is 0.